The average Bonchev–Trinajstić information content (AvgIpc) is 2.15. The summed E-state index contributed by atoms with van der Waals surface area (Å²) < 4.78 is 4.48. The number of hydrogen-bond acceptors (Lipinski definition) is 4. The fourth-order valence-electron chi connectivity index (χ4n) is 0.357. The fourth-order valence-corrected chi connectivity index (χ4v) is 0.357. The molecule has 0 saturated carbocycles. The number of esters is 1. The Morgan fingerprint density at radius 1 is 1.15 bits per heavy atom. The lowest BCUT2D eigenvalue weighted by molar-refractivity contribution is -0.136. The average molecular weight is 188 g/mol. The highest BCUT2D eigenvalue weighted by Crippen LogP contribution is 2.02. The Kier molecular flexibility index (Phi) is 10.4. The zero-order chi connectivity index (χ0) is 10.9. The molecule has 0 aromatic carbocycles. The summed E-state index contributed by atoms with van der Waals surface area (Å²) in [5.41, 5.74) is 11.5. The van der Waals surface area contributed by atoms with Gasteiger partial charge in [0.2, 0.25) is 0 Å². The van der Waals surface area contributed by atoms with Crippen molar-refractivity contribution in [2.24, 2.45) is 11.5 Å². The van der Waals surface area contributed by atoms with Crippen LogP contribution in [0.1, 0.15) is 20.8 Å². The van der Waals surface area contributed by atoms with E-state index in [4.69, 9.17) is 11.5 Å². The van der Waals surface area contributed by atoms with E-state index in [1.54, 1.807) is 6.92 Å². The molecule has 0 radical (unpaired) electrons. The predicted molar refractivity (Wildman–Crippen MR) is 54.2 cm³/mol. The number of allylic oxidation sites excluding steroid dienone is 1. The van der Waals surface area contributed by atoms with Crippen LogP contribution >= 0.6 is 0 Å². The molecule has 0 aliphatic carbocycles. The molecular formula is C9H20N2O2. The first-order chi connectivity index (χ1) is 6.01. The van der Waals surface area contributed by atoms with Crippen molar-refractivity contribution in [2.45, 2.75) is 20.8 Å². The molecule has 0 unspecified atom stereocenters. The number of carbonyl (C=O) groups excluding carboxylic acids is 1. The summed E-state index contributed by atoms with van der Waals surface area (Å²) in [5, 5.41) is 0. The summed E-state index contributed by atoms with van der Waals surface area (Å²) in [5.74, 6) is -0.241. The molecule has 0 heterocycles. The number of methoxy groups -OCH3 is 1. The molecule has 0 fully saturated rings. The molecule has 0 bridgehead atoms. The Morgan fingerprint density at radius 2 is 1.54 bits per heavy atom. The molecule has 4 heteroatoms. The minimum absolute atomic E-state index is 0.241. The quantitative estimate of drug-likeness (QED) is 0.486. The second-order valence-electron chi connectivity index (χ2n) is 2.69. The molecule has 0 aromatic heterocycles. The lowest BCUT2D eigenvalue weighted by Gasteiger charge is -1.98. The van der Waals surface area contributed by atoms with Crippen LogP contribution in [0.15, 0.2) is 11.1 Å². The fraction of sp³-hybridized carbons (Fsp3) is 0.667. The summed E-state index contributed by atoms with van der Waals surface area (Å²) in [4.78, 5) is 10.7. The summed E-state index contributed by atoms with van der Waals surface area (Å²) in [7, 11) is 1.38. The van der Waals surface area contributed by atoms with E-state index in [1.165, 1.54) is 7.11 Å². The Hall–Kier alpha value is -0.870. The van der Waals surface area contributed by atoms with Gasteiger partial charge in [-0.15, -0.1) is 0 Å². The largest absolute Gasteiger partial charge is 0.466 e. The highest BCUT2D eigenvalue weighted by Gasteiger charge is 2.02. The van der Waals surface area contributed by atoms with E-state index in [2.05, 4.69) is 4.74 Å². The SMILES string of the molecule is COC(=O)C(C)=C(C)C.NCCN. The van der Waals surface area contributed by atoms with Gasteiger partial charge in [0, 0.05) is 18.7 Å². The second kappa shape index (κ2) is 9.22. The number of carbonyl (C=O) groups is 1. The van der Waals surface area contributed by atoms with E-state index in [0.29, 0.717) is 18.7 Å². The Bertz CT molecular complexity index is 170. The first kappa shape index (κ1) is 14.6. The maximum Gasteiger partial charge on any atom is 0.333 e. The molecule has 4 nitrogen and oxygen atoms in total. The van der Waals surface area contributed by atoms with E-state index in [9.17, 15) is 4.79 Å². The molecule has 78 valence electrons. The normalized spacial score (nSPS) is 8.15. The van der Waals surface area contributed by atoms with Gasteiger partial charge in [-0.1, -0.05) is 5.57 Å². The number of ether oxygens (including phenoxy) is 1. The Morgan fingerprint density at radius 3 is 1.62 bits per heavy atom. The van der Waals surface area contributed by atoms with Crippen LogP contribution < -0.4 is 11.5 Å². The van der Waals surface area contributed by atoms with Crippen LogP contribution in [0.25, 0.3) is 0 Å². The van der Waals surface area contributed by atoms with Crippen molar-refractivity contribution in [3.63, 3.8) is 0 Å². The predicted octanol–water partition coefficient (Wildman–Crippen LogP) is 0.420. The molecule has 0 atom stereocenters. The third-order valence-electron chi connectivity index (χ3n) is 1.41. The van der Waals surface area contributed by atoms with Gasteiger partial charge < -0.3 is 16.2 Å². The van der Waals surface area contributed by atoms with Gasteiger partial charge in [-0.3, -0.25) is 0 Å². The van der Waals surface area contributed by atoms with Crippen molar-refractivity contribution in [1.29, 1.82) is 0 Å². The van der Waals surface area contributed by atoms with Crippen LogP contribution in [0.5, 0.6) is 0 Å². The number of rotatable bonds is 2. The maximum absolute atomic E-state index is 10.7. The molecule has 0 spiro atoms. The van der Waals surface area contributed by atoms with Crippen molar-refractivity contribution >= 4 is 5.97 Å². The molecule has 0 aromatic rings. The smallest absolute Gasteiger partial charge is 0.333 e. The van der Waals surface area contributed by atoms with Gasteiger partial charge in [-0.05, 0) is 20.8 Å². The first-order valence-electron chi connectivity index (χ1n) is 4.13. The molecule has 0 saturated heterocycles. The molecule has 13 heavy (non-hydrogen) atoms. The molecule has 4 N–H and O–H groups in total. The summed E-state index contributed by atoms with van der Waals surface area (Å²) >= 11 is 0. The summed E-state index contributed by atoms with van der Waals surface area (Å²) in [6.07, 6.45) is 0. The van der Waals surface area contributed by atoms with Crippen LogP contribution in [0.4, 0.5) is 0 Å². The van der Waals surface area contributed by atoms with Gasteiger partial charge in [0.05, 0.1) is 7.11 Å². The third kappa shape index (κ3) is 9.04. The highest BCUT2D eigenvalue weighted by molar-refractivity contribution is 5.88. The number of nitrogens with two attached hydrogens (primary N) is 2. The molecule has 0 aliphatic heterocycles. The summed E-state index contributed by atoms with van der Waals surface area (Å²) in [6.45, 7) is 6.71. The van der Waals surface area contributed by atoms with Gasteiger partial charge in [0.1, 0.15) is 0 Å². The highest BCUT2D eigenvalue weighted by atomic mass is 16.5. The number of hydrogen-bond donors (Lipinski definition) is 2. The minimum atomic E-state index is -0.241. The van der Waals surface area contributed by atoms with Gasteiger partial charge >= 0.3 is 5.97 Å². The van der Waals surface area contributed by atoms with Crippen molar-refractivity contribution in [3.05, 3.63) is 11.1 Å². The van der Waals surface area contributed by atoms with Crippen LogP contribution in [0, 0.1) is 0 Å². The molecule has 0 rings (SSSR count). The third-order valence-corrected chi connectivity index (χ3v) is 1.41. The van der Waals surface area contributed by atoms with Crippen molar-refractivity contribution in [3.8, 4) is 0 Å². The van der Waals surface area contributed by atoms with Crippen LogP contribution in [-0.4, -0.2) is 26.2 Å². The molecular weight excluding hydrogens is 168 g/mol. The van der Waals surface area contributed by atoms with Crippen LogP contribution in [0.2, 0.25) is 0 Å². The van der Waals surface area contributed by atoms with Gasteiger partial charge in [-0.25, -0.2) is 4.79 Å². The first-order valence-corrected chi connectivity index (χ1v) is 4.13. The molecule has 0 amide bonds. The summed E-state index contributed by atoms with van der Waals surface area (Å²) in [6, 6.07) is 0. The minimum Gasteiger partial charge on any atom is -0.466 e. The van der Waals surface area contributed by atoms with Crippen molar-refractivity contribution in [2.75, 3.05) is 20.2 Å². The topological polar surface area (TPSA) is 78.3 Å². The van der Waals surface area contributed by atoms with E-state index in [1.807, 2.05) is 13.8 Å². The zero-order valence-corrected chi connectivity index (χ0v) is 8.89. The standard InChI is InChI=1S/C7H12O2.C2H8N2/c1-5(2)6(3)7(8)9-4;3-1-2-4/h1-4H3;1-4H2. The van der Waals surface area contributed by atoms with E-state index < -0.39 is 0 Å². The van der Waals surface area contributed by atoms with Gasteiger partial charge in [0.15, 0.2) is 0 Å². The zero-order valence-electron chi connectivity index (χ0n) is 8.89. The lowest BCUT2D eigenvalue weighted by atomic mass is 10.2. The van der Waals surface area contributed by atoms with E-state index in [-0.39, 0.29) is 5.97 Å². The van der Waals surface area contributed by atoms with Gasteiger partial charge in [-0.2, -0.15) is 0 Å². The van der Waals surface area contributed by atoms with Crippen LogP contribution in [-0.2, 0) is 9.53 Å². The van der Waals surface area contributed by atoms with Crippen molar-refractivity contribution in [1.82, 2.24) is 0 Å². The van der Waals surface area contributed by atoms with E-state index in [0.717, 1.165) is 5.57 Å². The Balaban J connectivity index is 0. The lowest BCUT2D eigenvalue weighted by Crippen LogP contribution is -2.11. The monoisotopic (exact) mass is 188 g/mol. The maximum atomic E-state index is 10.7. The second-order valence-corrected chi connectivity index (χ2v) is 2.69. The van der Waals surface area contributed by atoms with Gasteiger partial charge in [0.25, 0.3) is 0 Å². The van der Waals surface area contributed by atoms with E-state index >= 15 is 0 Å². The molecule has 0 aliphatic rings. The van der Waals surface area contributed by atoms with Crippen LogP contribution in [0.3, 0.4) is 0 Å². The Labute approximate surface area is 79.9 Å². The van der Waals surface area contributed by atoms with Crippen molar-refractivity contribution < 1.29 is 9.53 Å².